The highest BCUT2D eigenvalue weighted by Gasteiger charge is 2.39. The van der Waals surface area contributed by atoms with Gasteiger partial charge in [0.05, 0.1) is 0 Å². The number of hydrogen-bond acceptors (Lipinski definition) is 5. The number of likely N-dealkylation sites (N-methyl/N-ethyl adjacent to an activating group) is 1. The predicted molar refractivity (Wildman–Crippen MR) is 109 cm³/mol. The minimum Gasteiger partial charge on any atom is -0.332 e. The Morgan fingerprint density at radius 1 is 1.08 bits per heavy atom. The fraction of sp³-hybridized carbons (Fsp3) is 0.810. The van der Waals surface area contributed by atoms with Gasteiger partial charge in [-0.25, -0.2) is 9.97 Å². The lowest BCUT2D eigenvalue weighted by Crippen LogP contribution is -2.53. The van der Waals surface area contributed by atoms with E-state index >= 15 is 0 Å². The number of likely N-dealkylation sites (tertiary alicyclic amines) is 1. The van der Waals surface area contributed by atoms with Gasteiger partial charge in [-0.2, -0.15) is 0 Å². The number of piperazine rings is 1. The summed E-state index contributed by atoms with van der Waals surface area (Å²) in [7, 11) is 4.46. The van der Waals surface area contributed by atoms with Crippen molar-refractivity contribution in [2.24, 2.45) is 5.92 Å². The summed E-state index contributed by atoms with van der Waals surface area (Å²) in [6, 6.07) is 1.21. The zero-order valence-corrected chi connectivity index (χ0v) is 17.2. The molecule has 0 aliphatic carbocycles. The fourth-order valence-electron chi connectivity index (χ4n) is 4.65. The van der Waals surface area contributed by atoms with Crippen molar-refractivity contribution >= 4 is 5.95 Å². The summed E-state index contributed by atoms with van der Waals surface area (Å²) >= 11 is 0. The monoisotopic (exact) mass is 359 g/mol. The molecule has 5 nitrogen and oxygen atoms in total. The maximum atomic E-state index is 4.72. The largest absolute Gasteiger partial charge is 0.332 e. The van der Waals surface area contributed by atoms with Gasteiger partial charge >= 0.3 is 0 Å². The molecule has 2 bridgehead atoms. The molecule has 0 aromatic carbocycles. The molecule has 0 spiro atoms. The lowest BCUT2D eigenvalue weighted by molar-refractivity contribution is 0.262. The molecule has 0 amide bonds. The molecule has 1 aromatic heterocycles. The van der Waals surface area contributed by atoms with Gasteiger partial charge in [0.15, 0.2) is 0 Å². The van der Waals surface area contributed by atoms with E-state index in [1.54, 1.807) is 0 Å². The van der Waals surface area contributed by atoms with Gasteiger partial charge in [-0.05, 0) is 64.2 Å². The van der Waals surface area contributed by atoms with Gasteiger partial charge in [0, 0.05) is 44.1 Å². The van der Waals surface area contributed by atoms with E-state index in [-0.39, 0.29) is 0 Å². The van der Waals surface area contributed by atoms with E-state index in [1.165, 1.54) is 50.8 Å². The Bertz CT molecular complexity index is 530. The number of aryl methyl sites for hydroxylation is 1. The van der Waals surface area contributed by atoms with E-state index in [0.29, 0.717) is 12.1 Å². The summed E-state index contributed by atoms with van der Waals surface area (Å²) in [6.45, 7) is 9.27. The number of hydrogen-bond donors (Lipinski definition) is 0. The number of unbranched alkanes of at least 4 members (excludes halogenated alkanes) is 2. The van der Waals surface area contributed by atoms with Crippen LogP contribution in [-0.4, -0.2) is 72.1 Å². The number of fused-ring (bicyclic) bond motifs is 2. The molecule has 0 saturated carbocycles. The first-order chi connectivity index (χ1) is 12.5. The van der Waals surface area contributed by atoms with E-state index in [1.807, 2.05) is 0 Å². The Morgan fingerprint density at radius 3 is 2.35 bits per heavy atom. The molecular formula is C21H37N5. The molecule has 3 rings (SSSR count). The fourth-order valence-corrected chi connectivity index (χ4v) is 4.65. The lowest BCUT2D eigenvalue weighted by atomic mass is 10.1. The van der Waals surface area contributed by atoms with Gasteiger partial charge in [-0.3, -0.25) is 0 Å². The molecular weight excluding hydrogens is 322 g/mol. The number of rotatable bonds is 9. The van der Waals surface area contributed by atoms with Crippen LogP contribution in [-0.2, 0) is 6.42 Å². The predicted octanol–water partition coefficient (Wildman–Crippen LogP) is 3.06. The number of aromatic nitrogens is 2. The Hall–Kier alpha value is -1.20. The SMILES string of the molecule is CC(C)CN(C)CCCCCc1cnc(N2C3CCC2CN(C)C3)nc1. The highest BCUT2D eigenvalue weighted by atomic mass is 15.4. The maximum Gasteiger partial charge on any atom is 0.225 e. The molecule has 2 atom stereocenters. The van der Waals surface area contributed by atoms with Crippen molar-refractivity contribution in [3.8, 4) is 0 Å². The van der Waals surface area contributed by atoms with Gasteiger partial charge in [-0.15, -0.1) is 0 Å². The second-order valence-corrected chi connectivity index (χ2v) is 8.87. The van der Waals surface area contributed by atoms with Crippen LogP contribution < -0.4 is 4.90 Å². The quantitative estimate of drug-likeness (QED) is 0.633. The van der Waals surface area contributed by atoms with Crippen molar-refractivity contribution in [3.63, 3.8) is 0 Å². The van der Waals surface area contributed by atoms with Crippen molar-refractivity contribution in [1.29, 1.82) is 0 Å². The van der Waals surface area contributed by atoms with Gasteiger partial charge in [-0.1, -0.05) is 20.3 Å². The Kier molecular flexibility index (Phi) is 6.87. The van der Waals surface area contributed by atoms with Gasteiger partial charge in [0.2, 0.25) is 5.95 Å². The van der Waals surface area contributed by atoms with Crippen molar-refractivity contribution in [2.75, 3.05) is 45.2 Å². The molecule has 146 valence electrons. The van der Waals surface area contributed by atoms with Gasteiger partial charge in [0.1, 0.15) is 0 Å². The summed E-state index contributed by atoms with van der Waals surface area (Å²) in [5.41, 5.74) is 1.28. The van der Waals surface area contributed by atoms with E-state index in [2.05, 4.69) is 55.0 Å². The third-order valence-corrected chi connectivity index (χ3v) is 5.77. The lowest BCUT2D eigenvalue weighted by Gasteiger charge is -2.39. The zero-order chi connectivity index (χ0) is 18.5. The van der Waals surface area contributed by atoms with Crippen molar-refractivity contribution in [1.82, 2.24) is 19.8 Å². The maximum absolute atomic E-state index is 4.72. The summed E-state index contributed by atoms with van der Waals surface area (Å²) in [4.78, 5) is 16.8. The summed E-state index contributed by atoms with van der Waals surface area (Å²) in [5, 5.41) is 0. The summed E-state index contributed by atoms with van der Waals surface area (Å²) in [5.74, 6) is 1.70. The topological polar surface area (TPSA) is 35.5 Å². The first-order valence-electron chi connectivity index (χ1n) is 10.5. The van der Waals surface area contributed by atoms with Crippen LogP contribution >= 0.6 is 0 Å². The van der Waals surface area contributed by atoms with Gasteiger partial charge < -0.3 is 14.7 Å². The van der Waals surface area contributed by atoms with Crippen LogP contribution in [0.3, 0.4) is 0 Å². The standard InChI is InChI=1S/C21H37N5/c1-17(2)14-24(3)11-7-5-6-8-18-12-22-21(23-13-18)26-19-9-10-20(26)16-25(4)15-19/h12-13,17,19-20H,5-11,14-16H2,1-4H3. The molecule has 2 unspecified atom stereocenters. The van der Waals surface area contributed by atoms with Crippen LogP contribution in [0.1, 0.15) is 51.5 Å². The van der Waals surface area contributed by atoms with Crippen molar-refractivity contribution in [2.45, 2.75) is 64.5 Å². The van der Waals surface area contributed by atoms with Crippen LogP contribution in [0, 0.1) is 5.92 Å². The molecule has 2 aliphatic rings. The normalized spacial score (nSPS) is 23.4. The zero-order valence-electron chi connectivity index (χ0n) is 17.2. The van der Waals surface area contributed by atoms with Crippen LogP contribution in [0.2, 0.25) is 0 Å². The third-order valence-electron chi connectivity index (χ3n) is 5.77. The van der Waals surface area contributed by atoms with Crippen LogP contribution in [0.25, 0.3) is 0 Å². The molecule has 0 radical (unpaired) electrons. The first kappa shape index (κ1) is 19.6. The highest BCUT2D eigenvalue weighted by Crippen LogP contribution is 2.32. The van der Waals surface area contributed by atoms with E-state index in [9.17, 15) is 0 Å². The highest BCUT2D eigenvalue weighted by molar-refractivity contribution is 5.37. The van der Waals surface area contributed by atoms with Crippen LogP contribution in [0.4, 0.5) is 5.95 Å². The minimum absolute atomic E-state index is 0.604. The summed E-state index contributed by atoms with van der Waals surface area (Å²) < 4.78 is 0. The Labute approximate surface area is 159 Å². The molecule has 2 fully saturated rings. The Morgan fingerprint density at radius 2 is 1.73 bits per heavy atom. The Balaban J connectivity index is 1.40. The summed E-state index contributed by atoms with van der Waals surface area (Å²) in [6.07, 6.45) is 11.6. The molecule has 2 aliphatic heterocycles. The first-order valence-corrected chi connectivity index (χ1v) is 10.5. The molecule has 5 heteroatoms. The van der Waals surface area contributed by atoms with E-state index in [0.717, 1.165) is 31.4 Å². The molecule has 26 heavy (non-hydrogen) atoms. The molecule has 0 N–H and O–H groups in total. The van der Waals surface area contributed by atoms with E-state index < -0.39 is 0 Å². The molecule has 3 heterocycles. The second-order valence-electron chi connectivity index (χ2n) is 8.87. The number of nitrogens with zero attached hydrogens (tertiary/aromatic N) is 5. The smallest absolute Gasteiger partial charge is 0.225 e. The van der Waals surface area contributed by atoms with Crippen molar-refractivity contribution < 1.29 is 0 Å². The number of anilines is 1. The van der Waals surface area contributed by atoms with Gasteiger partial charge in [0.25, 0.3) is 0 Å². The average molecular weight is 360 g/mol. The van der Waals surface area contributed by atoms with Crippen LogP contribution in [0.15, 0.2) is 12.4 Å². The van der Waals surface area contributed by atoms with Crippen molar-refractivity contribution in [3.05, 3.63) is 18.0 Å². The molecule has 1 aromatic rings. The van der Waals surface area contributed by atoms with E-state index in [4.69, 9.17) is 9.97 Å². The van der Waals surface area contributed by atoms with Crippen LogP contribution in [0.5, 0.6) is 0 Å². The minimum atomic E-state index is 0.604. The third kappa shape index (κ3) is 5.17. The second kappa shape index (κ2) is 9.14. The molecule has 2 saturated heterocycles. The average Bonchev–Trinajstić information content (AvgIpc) is 2.86.